The number of carbonyl (C=O) groups excluding carboxylic acids is 1. The third-order valence-corrected chi connectivity index (χ3v) is 4.37. The standard InChI is InChI=1S/C18H24N4O2/c1-12-5-6-14(11-19-12)16-21-20-15(24-16)13-7-9-22(10-8-13)17(23)18(2,3)4/h5-6,11,13H,7-10H2,1-4H3. The number of carbonyl (C=O) groups is 1. The van der Waals surface area contributed by atoms with Gasteiger partial charge in [0.05, 0.1) is 5.56 Å². The molecule has 3 heterocycles. The number of rotatable bonds is 2. The Morgan fingerprint density at radius 2 is 1.92 bits per heavy atom. The van der Waals surface area contributed by atoms with Gasteiger partial charge in [0.15, 0.2) is 0 Å². The topological polar surface area (TPSA) is 72.1 Å². The minimum absolute atomic E-state index is 0.206. The van der Waals surface area contributed by atoms with Crippen molar-refractivity contribution in [2.45, 2.75) is 46.5 Å². The van der Waals surface area contributed by atoms with Crippen LogP contribution in [0.15, 0.2) is 22.7 Å². The molecule has 0 atom stereocenters. The zero-order valence-electron chi connectivity index (χ0n) is 14.7. The summed E-state index contributed by atoms with van der Waals surface area (Å²) in [7, 11) is 0. The molecule has 6 nitrogen and oxygen atoms in total. The van der Waals surface area contributed by atoms with Crippen molar-refractivity contribution in [2.75, 3.05) is 13.1 Å². The van der Waals surface area contributed by atoms with Crippen molar-refractivity contribution in [2.24, 2.45) is 5.41 Å². The highest BCUT2D eigenvalue weighted by atomic mass is 16.4. The fourth-order valence-corrected chi connectivity index (χ4v) is 2.91. The molecular weight excluding hydrogens is 304 g/mol. The van der Waals surface area contributed by atoms with Gasteiger partial charge in [0, 0.05) is 36.3 Å². The third-order valence-electron chi connectivity index (χ3n) is 4.37. The molecule has 128 valence electrons. The summed E-state index contributed by atoms with van der Waals surface area (Å²) in [5, 5.41) is 8.36. The van der Waals surface area contributed by atoms with Crippen molar-refractivity contribution < 1.29 is 9.21 Å². The fraction of sp³-hybridized carbons (Fsp3) is 0.556. The number of pyridine rings is 1. The largest absolute Gasteiger partial charge is 0.420 e. The van der Waals surface area contributed by atoms with E-state index in [1.54, 1.807) is 6.20 Å². The van der Waals surface area contributed by atoms with Gasteiger partial charge in [-0.05, 0) is 31.9 Å². The molecule has 0 unspecified atom stereocenters. The lowest BCUT2D eigenvalue weighted by molar-refractivity contribution is -0.140. The predicted molar refractivity (Wildman–Crippen MR) is 90.3 cm³/mol. The van der Waals surface area contributed by atoms with Crippen LogP contribution in [0.25, 0.3) is 11.5 Å². The van der Waals surface area contributed by atoms with Crippen LogP contribution < -0.4 is 0 Å². The number of aryl methyl sites for hydroxylation is 1. The molecule has 2 aromatic rings. The van der Waals surface area contributed by atoms with Gasteiger partial charge in [-0.15, -0.1) is 10.2 Å². The van der Waals surface area contributed by atoms with E-state index >= 15 is 0 Å². The van der Waals surface area contributed by atoms with Gasteiger partial charge in [-0.2, -0.15) is 0 Å². The van der Waals surface area contributed by atoms with Gasteiger partial charge < -0.3 is 9.32 Å². The van der Waals surface area contributed by atoms with Gasteiger partial charge in [0.25, 0.3) is 0 Å². The SMILES string of the molecule is Cc1ccc(-c2nnc(C3CCN(C(=O)C(C)(C)C)CC3)o2)cn1. The molecule has 3 rings (SSSR count). The van der Waals surface area contributed by atoms with E-state index < -0.39 is 0 Å². The first-order chi connectivity index (χ1) is 11.3. The highest BCUT2D eigenvalue weighted by molar-refractivity contribution is 5.81. The molecule has 0 aromatic carbocycles. The van der Waals surface area contributed by atoms with Gasteiger partial charge in [-0.1, -0.05) is 20.8 Å². The number of hydrogen-bond donors (Lipinski definition) is 0. The Labute approximate surface area is 142 Å². The molecule has 1 amide bonds. The van der Waals surface area contributed by atoms with Gasteiger partial charge in [-0.3, -0.25) is 9.78 Å². The maximum atomic E-state index is 12.3. The summed E-state index contributed by atoms with van der Waals surface area (Å²) >= 11 is 0. The normalized spacial score (nSPS) is 16.4. The summed E-state index contributed by atoms with van der Waals surface area (Å²) in [5.74, 6) is 1.59. The molecule has 0 spiro atoms. The molecular formula is C18H24N4O2. The summed E-state index contributed by atoms with van der Waals surface area (Å²) in [6.45, 7) is 9.30. The van der Waals surface area contributed by atoms with E-state index in [4.69, 9.17) is 4.42 Å². The summed E-state index contributed by atoms with van der Waals surface area (Å²) in [4.78, 5) is 18.5. The Hall–Kier alpha value is -2.24. The summed E-state index contributed by atoms with van der Waals surface area (Å²) < 4.78 is 5.85. The number of hydrogen-bond acceptors (Lipinski definition) is 5. The average molecular weight is 328 g/mol. The van der Waals surface area contributed by atoms with Crippen LogP contribution in [0.1, 0.15) is 51.1 Å². The number of amides is 1. The molecule has 24 heavy (non-hydrogen) atoms. The summed E-state index contributed by atoms with van der Waals surface area (Å²) in [6, 6.07) is 3.86. The highest BCUT2D eigenvalue weighted by Crippen LogP contribution is 2.30. The van der Waals surface area contributed by atoms with Crippen LogP contribution in [0.4, 0.5) is 0 Å². The van der Waals surface area contributed by atoms with Gasteiger partial charge >= 0.3 is 0 Å². The van der Waals surface area contributed by atoms with Crippen molar-refractivity contribution in [3.63, 3.8) is 0 Å². The van der Waals surface area contributed by atoms with E-state index in [2.05, 4.69) is 15.2 Å². The van der Waals surface area contributed by atoms with E-state index in [0.717, 1.165) is 37.2 Å². The van der Waals surface area contributed by atoms with Crippen LogP contribution in [0.2, 0.25) is 0 Å². The zero-order chi connectivity index (χ0) is 17.3. The number of nitrogens with zero attached hydrogens (tertiary/aromatic N) is 4. The molecule has 0 saturated carbocycles. The van der Waals surface area contributed by atoms with Crippen LogP contribution in [0.5, 0.6) is 0 Å². The molecule has 0 bridgehead atoms. The van der Waals surface area contributed by atoms with Crippen LogP contribution in [-0.2, 0) is 4.79 Å². The average Bonchev–Trinajstić information content (AvgIpc) is 3.04. The molecule has 6 heteroatoms. The Morgan fingerprint density at radius 3 is 2.50 bits per heavy atom. The van der Waals surface area contributed by atoms with Gasteiger partial charge in [0.1, 0.15) is 0 Å². The molecule has 0 radical (unpaired) electrons. The van der Waals surface area contributed by atoms with Crippen molar-refractivity contribution >= 4 is 5.91 Å². The van der Waals surface area contributed by atoms with Crippen LogP contribution in [-0.4, -0.2) is 39.1 Å². The number of aromatic nitrogens is 3. The van der Waals surface area contributed by atoms with E-state index in [9.17, 15) is 4.79 Å². The highest BCUT2D eigenvalue weighted by Gasteiger charge is 2.32. The third kappa shape index (κ3) is 3.47. The molecule has 0 aliphatic carbocycles. The van der Waals surface area contributed by atoms with Gasteiger partial charge in [-0.25, -0.2) is 0 Å². The quantitative estimate of drug-likeness (QED) is 0.846. The summed E-state index contributed by atoms with van der Waals surface area (Å²) in [6.07, 6.45) is 3.46. The van der Waals surface area contributed by atoms with Crippen LogP contribution in [0, 0.1) is 12.3 Å². The maximum absolute atomic E-state index is 12.3. The van der Waals surface area contributed by atoms with Gasteiger partial charge in [0.2, 0.25) is 17.7 Å². The van der Waals surface area contributed by atoms with E-state index in [1.807, 2.05) is 44.7 Å². The molecule has 1 aliphatic heterocycles. The summed E-state index contributed by atoms with van der Waals surface area (Å²) in [5.41, 5.74) is 1.46. The lowest BCUT2D eigenvalue weighted by Crippen LogP contribution is -2.43. The molecule has 1 saturated heterocycles. The molecule has 1 fully saturated rings. The van der Waals surface area contributed by atoms with Crippen molar-refractivity contribution in [1.82, 2.24) is 20.1 Å². The molecule has 2 aromatic heterocycles. The fourth-order valence-electron chi connectivity index (χ4n) is 2.91. The minimum Gasteiger partial charge on any atom is -0.420 e. The smallest absolute Gasteiger partial charge is 0.249 e. The van der Waals surface area contributed by atoms with Crippen molar-refractivity contribution in [3.05, 3.63) is 29.9 Å². The first-order valence-electron chi connectivity index (χ1n) is 8.40. The lowest BCUT2D eigenvalue weighted by atomic mass is 9.91. The Bertz CT molecular complexity index is 707. The second-order valence-corrected chi connectivity index (χ2v) is 7.45. The van der Waals surface area contributed by atoms with Crippen LogP contribution in [0.3, 0.4) is 0 Å². The minimum atomic E-state index is -0.330. The lowest BCUT2D eigenvalue weighted by Gasteiger charge is -2.34. The zero-order valence-corrected chi connectivity index (χ0v) is 14.7. The number of piperidine rings is 1. The molecule has 1 aliphatic rings. The Kier molecular flexibility index (Phi) is 4.39. The second kappa shape index (κ2) is 6.34. The first kappa shape index (κ1) is 16.6. The van der Waals surface area contributed by atoms with E-state index in [0.29, 0.717) is 11.8 Å². The van der Waals surface area contributed by atoms with Crippen molar-refractivity contribution in [3.8, 4) is 11.5 Å². The number of likely N-dealkylation sites (tertiary alicyclic amines) is 1. The van der Waals surface area contributed by atoms with E-state index in [1.165, 1.54) is 0 Å². The molecule has 0 N–H and O–H groups in total. The second-order valence-electron chi connectivity index (χ2n) is 7.45. The van der Waals surface area contributed by atoms with Crippen molar-refractivity contribution in [1.29, 1.82) is 0 Å². The monoisotopic (exact) mass is 328 g/mol. The Morgan fingerprint density at radius 1 is 1.21 bits per heavy atom. The Balaban J connectivity index is 1.65. The predicted octanol–water partition coefficient (Wildman–Crippen LogP) is 3.19. The van der Waals surface area contributed by atoms with E-state index in [-0.39, 0.29) is 17.2 Å². The maximum Gasteiger partial charge on any atom is 0.249 e. The first-order valence-corrected chi connectivity index (χ1v) is 8.40. The van der Waals surface area contributed by atoms with Crippen LogP contribution >= 0.6 is 0 Å².